The van der Waals surface area contributed by atoms with Crippen molar-refractivity contribution in [3.05, 3.63) is 59.4 Å². The lowest BCUT2D eigenvalue weighted by Gasteiger charge is -2.18. The zero-order chi connectivity index (χ0) is 19.4. The number of rotatable bonds is 7. The number of hydrogen-bond donors (Lipinski definition) is 1. The van der Waals surface area contributed by atoms with Gasteiger partial charge in [0.05, 0.1) is 32.9 Å². The van der Waals surface area contributed by atoms with Crippen LogP contribution in [0.1, 0.15) is 36.6 Å². The molecule has 0 fully saturated rings. The van der Waals surface area contributed by atoms with Crippen LogP contribution in [0.15, 0.2) is 47.1 Å². The number of ether oxygens (including phenoxy) is 2. The van der Waals surface area contributed by atoms with Crippen LogP contribution in [0.25, 0.3) is 11.0 Å². The highest BCUT2D eigenvalue weighted by Gasteiger charge is 2.17. The first-order chi connectivity index (χ1) is 13.0. The summed E-state index contributed by atoms with van der Waals surface area (Å²) in [5.74, 6) is 1.36. The van der Waals surface area contributed by atoms with Gasteiger partial charge in [-0.05, 0) is 43.2 Å². The van der Waals surface area contributed by atoms with Crippen LogP contribution in [0.2, 0.25) is 0 Å². The summed E-state index contributed by atoms with van der Waals surface area (Å²) in [4.78, 5) is 12.6. The maximum atomic E-state index is 12.6. The molecule has 5 heteroatoms. The summed E-state index contributed by atoms with van der Waals surface area (Å²) in [6, 6.07) is 11.5. The maximum absolute atomic E-state index is 12.6. The maximum Gasteiger partial charge on any atom is 0.225 e. The second kappa shape index (κ2) is 8.16. The minimum Gasteiger partial charge on any atom is -0.497 e. The van der Waals surface area contributed by atoms with Crippen LogP contribution < -0.4 is 14.8 Å². The number of methoxy groups -OCH3 is 2. The van der Waals surface area contributed by atoms with E-state index in [4.69, 9.17) is 13.9 Å². The van der Waals surface area contributed by atoms with Gasteiger partial charge in [-0.1, -0.05) is 19.1 Å². The highest BCUT2D eigenvalue weighted by molar-refractivity contribution is 5.88. The Bertz CT molecular complexity index is 945. The molecule has 27 heavy (non-hydrogen) atoms. The molecule has 1 atom stereocenters. The molecule has 1 aromatic heterocycles. The van der Waals surface area contributed by atoms with E-state index in [0.29, 0.717) is 5.75 Å². The van der Waals surface area contributed by atoms with E-state index in [2.05, 4.69) is 18.3 Å². The van der Waals surface area contributed by atoms with Crippen molar-refractivity contribution in [1.29, 1.82) is 0 Å². The third-order valence-electron chi connectivity index (χ3n) is 4.76. The molecule has 0 aliphatic rings. The van der Waals surface area contributed by atoms with Gasteiger partial charge in [0, 0.05) is 16.5 Å². The number of carbonyl (C=O) groups is 1. The van der Waals surface area contributed by atoms with E-state index in [-0.39, 0.29) is 18.4 Å². The number of hydrogen-bond acceptors (Lipinski definition) is 4. The predicted molar refractivity (Wildman–Crippen MR) is 105 cm³/mol. The monoisotopic (exact) mass is 367 g/mol. The Morgan fingerprint density at radius 2 is 1.96 bits per heavy atom. The van der Waals surface area contributed by atoms with Gasteiger partial charge in [0.25, 0.3) is 0 Å². The molecular formula is C22H25NO4. The molecular weight excluding hydrogens is 342 g/mol. The summed E-state index contributed by atoms with van der Waals surface area (Å²) in [5, 5.41) is 4.01. The van der Waals surface area contributed by atoms with Crippen molar-refractivity contribution in [2.75, 3.05) is 14.2 Å². The van der Waals surface area contributed by atoms with Crippen LogP contribution in [0.5, 0.6) is 11.5 Å². The van der Waals surface area contributed by atoms with Gasteiger partial charge in [-0.3, -0.25) is 4.79 Å². The Morgan fingerprint density at radius 3 is 2.67 bits per heavy atom. The fourth-order valence-electron chi connectivity index (χ4n) is 3.21. The highest BCUT2D eigenvalue weighted by atomic mass is 16.5. The van der Waals surface area contributed by atoms with Gasteiger partial charge in [-0.2, -0.15) is 0 Å². The molecule has 1 amide bonds. The Morgan fingerprint density at radius 1 is 1.15 bits per heavy atom. The first kappa shape index (κ1) is 18.8. The summed E-state index contributed by atoms with van der Waals surface area (Å²) in [6.07, 6.45) is 2.88. The first-order valence-electron chi connectivity index (χ1n) is 9.06. The molecule has 0 radical (unpaired) electrons. The molecule has 0 aliphatic heterocycles. The van der Waals surface area contributed by atoms with E-state index in [0.717, 1.165) is 34.3 Å². The molecule has 1 N–H and O–H groups in total. The zero-order valence-electron chi connectivity index (χ0n) is 16.2. The standard InChI is InChI=1S/C22H25NO4/c1-5-15-6-8-18-16(13-27-21(18)10-15)11-22(24)23-14(2)19-12-17(25-3)7-9-20(19)26-4/h6-10,12-14H,5,11H2,1-4H3,(H,23,24)/t14-/m1/s1. The number of benzene rings is 2. The fraction of sp³-hybridized carbons (Fsp3) is 0.318. The fourth-order valence-corrected chi connectivity index (χ4v) is 3.21. The van der Waals surface area contributed by atoms with Crippen LogP contribution in [0.3, 0.4) is 0 Å². The van der Waals surface area contributed by atoms with E-state index in [1.165, 1.54) is 5.56 Å². The van der Waals surface area contributed by atoms with Gasteiger partial charge in [0.15, 0.2) is 0 Å². The molecule has 0 aliphatic carbocycles. The van der Waals surface area contributed by atoms with Crippen molar-refractivity contribution in [3.8, 4) is 11.5 Å². The van der Waals surface area contributed by atoms with E-state index >= 15 is 0 Å². The number of amides is 1. The molecule has 5 nitrogen and oxygen atoms in total. The number of nitrogens with one attached hydrogen (secondary N) is 1. The lowest BCUT2D eigenvalue weighted by molar-refractivity contribution is -0.121. The van der Waals surface area contributed by atoms with Crippen LogP contribution in [-0.4, -0.2) is 20.1 Å². The molecule has 1 heterocycles. The third kappa shape index (κ3) is 4.08. The van der Waals surface area contributed by atoms with Gasteiger partial charge < -0.3 is 19.2 Å². The van der Waals surface area contributed by atoms with E-state index in [1.54, 1.807) is 20.5 Å². The second-order valence-electron chi connectivity index (χ2n) is 6.52. The van der Waals surface area contributed by atoms with E-state index in [1.807, 2.05) is 37.3 Å². The van der Waals surface area contributed by atoms with Crippen LogP contribution >= 0.6 is 0 Å². The topological polar surface area (TPSA) is 60.7 Å². The minimum atomic E-state index is -0.215. The summed E-state index contributed by atoms with van der Waals surface area (Å²) < 4.78 is 16.3. The largest absolute Gasteiger partial charge is 0.497 e. The van der Waals surface area contributed by atoms with Crippen molar-refractivity contribution in [3.63, 3.8) is 0 Å². The van der Waals surface area contributed by atoms with Gasteiger partial charge in [-0.25, -0.2) is 0 Å². The average Bonchev–Trinajstić information content (AvgIpc) is 3.08. The Hall–Kier alpha value is -2.95. The van der Waals surface area contributed by atoms with Crippen LogP contribution in [-0.2, 0) is 17.6 Å². The number of fused-ring (bicyclic) bond motifs is 1. The van der Waals surface area contributed by atoms with E-state index in [9.17, 15) is 4.79 Å². The predicted octanol–water partition coefficient (Wildman–Crippen LogP) is 4.43. The van der Waals surface area contributed by atoms with Gasteiger partial charge >= 0.3 is 0 Å². The number of aryl methyl sites for hydroxylation is 1. The molecule has 0 spiro atoms. The molecule has 0 saturated heterocycles. The number of furan rings is 1. The van der Waals surface area contributed by atoms with Crippen molar-refractivity contribution in [1.82, 2.24) is 5.32 Å². The SMILES string of the molecule is CCc1ccc2c(CC(=O)N[C@H](C)c3cc(OC)ccc3OC)coc2c1. The number of carbonyl (C=O) groups excluding carboxylic acids is 1. The molecule has 3 rings (SSSR count). The van der Waals surface area contributed by atoms with Crippen LogP contribution in [0, 0.1) is 0 Å². The first-order valence-corrected chi connectivity index (χ1v) is 9.06. The normalized spacial score (nSPS) is 12.0. The van der Waals surface area contributed by atoms with Crippen molar-refractivity contribution in [2.45, 2.75) is 32.7 Å². The van der Waals surface area contributed by atoms with Crippen molar-refractivity contribution >= 4 is 16.9 Å². The second-order valence-corrected chi connectivity index (χ2v) is 6.52. The lowest BCUT2D eigenvalue weighted by atomic mass is 10.0. The summed E-state index contributed by atoms with van der Waals surface area (Å²) in [6.45, 7) is 4.03. The molecule has 142 valence electrons. The summed E-state index contributed by atoms with van der Waals surface area (Å²) >= 11 is 0. The van der Waals surface area contributed by atoms with Gasteiger partial charge in [0.2, 0.25) is 5.91 Å². The average molecular weight is 367 g/mol. The van der Waals surface area contributed by atoms with Gasteiger partial charge in [0.1, 0.15) is 17.1 Å². The zero-order valence-corrected chi connectivity index (χ0v) is 16.2. The van der Waals surface area contributed by atoms with Crippen LogP contribution in [0.4, 0.5) is 0 Å². The summed E-state index contributed by atoms with van der Waals surface area (Å²) in [7, 11) is 3.23. The highest BCUT2D eigenvalue weighted by Crippen LogP contribution is 2.29. The Balaban J connectivity index is 1.74. The molecule has 0 unspecified atom stereocenters. The molecule has 3 aromatic rings. The third-order valence-corrected chi connectivity index (χ3v) is 4.76. The van der Waals surface area contributed by atoms with Crippen molar-refractivity contribution < 1.29 is 18.7 Å². The van der Waals surface area contributed by atoms with Gasteiger partial charge in [-0.15, -0.1) is 0 Å². The molecule has 0 saturated carbocycles. The molecule has 2 aromatic carbocycles. The minimum absolute atomic E-state index is 0.0744. The lowest BCUT2D eigenvalue weighted by Crippen LogP contribution is -2.28. The van der Waals surface area contributed by atoms with Crippen molar-refractivity contribution in [2.24, 2.45) is 0 Å². The van der Waals surface area contributed by atoms with E-state index < -0.39 is 0 Å². The Labute approximate surface area is 159 Å². The molecule has 0 bridgehead atoms. The summed E-state index contributed by atoms with van der Waals surface area (Å²) in [5.41, 5.74) is 3.79. The smallest absolute Gasteiger partial charge is 0.225 e. The quantitative estimate of drug-likeness (QED) is 0.671. The Kier molecular flexibility index (Phi) is 5.69.